The van der Waals surface area contributed by atoms with Crippen LogP contribution in [0.3, 0.4) is 0 Å². The van der Waals surface area contributed by atoms with Gasteiger partial charge in [0, 0.05) is 37.1 Å². The van der Waals surface area contributed by atoms with Crippen LogP contribution in [0.1, 0.15) is 41.6 Å². The van der Waals surface area contributed by atoms with Crippen molar-refractivity contribution in [3.63, 3.8) is 0 Å². The molecular weight excluding hydrogens is 657 g/mol. The molecule has 254 valence electrons. The van der Waals surface area contributed by atoms with Crippen molar-refractivity contribution < 1.29 is 36.2 Å². The van der Waals surface area contributed by atoms with E-state index in [-0.39, 0.29) is 42.0 Å². The highest BCUT2D eigenvalue weighted by Gasteiger charge is 2.45. The maximum atomic E-state index is 14.5. The highest BCUT2D eigenvalue weighted by atomic mass is 32.2. The third-order valence-electron chi connectivity index (χ3n) is 8.66. The lowest BCUT2D eigenvalue weighted by Crippen LogP contribution is -2.50. The largest absolute Gasteiger partial charge is 0.487 e. The predicted molar refractivity (Wildman–Crippen MR) is 179 cm³/mol. The van der Waals surface area contributed by atoms with Crippen LogP contribution in [-0.2, 0) is 33.8 Å². The first-order valence-corrected chi connectivity index (χ1v) is 17.2. The molecule has 1 N–H and O–H groups in total. The summed E-state index contributed by atoms with van der Waals surface area (Å²) in [6.45, 7) is 1.08. The van der Waals surface area contributed by atoms with Crippen molar-refractivity contribution in [1.82, 2.24) is 8.87 Å². The summed E-state index contributed by atoms with van der Waals surface area (Å²) >= 11 is 0. The molecule has 2 heterocycles. The molecule has 5 aromatic rings. The summed E-state index contributed by atoms with van der Waals surface area (Å²) in [5, 5.41) is 11.3. The molecule has 0 bridgehead atoms. The Bertz CT molecular complexity index is 2200. The molecule has 1 aliphatic rings. The summed E-state index contributed by atoms with van der Waals surface area (Å²) < 4.78 is 79.1. The van der Waals surface area contributed by atoms with Gasteiger partial charge < -0.3 is 9.84 Å². The Hall–Kier alpha value is -4.94. The summed E-state index contributed by atoms with van der Waals surface area (Å²) in [7, 11) is -4.60. The first-order valence-electron chi connectivity index (χ1n) is 15.8. The fraction of sp³-hybridized carbons (Fsp3) is 0.243. The van der Waals surface area contributed by atoms with E-state index in [0.29, 0.717) is 23.0 Å². The third kappa shape index (κ3) is 6.58. The van der Waals surface area contributed by atoms with Crippen molar-refractivity contribution in [2.45, 2.75) is 43.4 Å². The van der Waals surface area contributed by atoms with Gasteiger partial charge in [-0.1, -0.05) is 91.9 Å². The molecule has 1 aliphatic heterocycles. The van der Waals surface area contributed by atoms with Gasteiger partial charge in [0.2, 0.25) is 0 Å². The molecule has 0 aliphatic carbocycles. The number of benzene rings is 4. The smallest absolute Gasteiger partial charge is 0.416 e. The summed E-state index contributed by atoms with van der Waals surface area (Å²) in [5.74, 6) is -1.78. The van der Waals surface area contributed by atoms with Crippen LogP contribution in [0.4, 0.5) is 13.2 Å². The molecule has 0 spiro atoms. The average Bonchev–Trinajstić information content (AvgIpc) is 3.07. The van der Waals surface area contributed by atoms with Crippen molar-refractivity contribution in [2.75, 3.05) is 19.7 Å². The van der Waals surface area contributed by atoms with Crippen molar-refractivity contribution in [3.8, 4) is 16.9 Å². The van der Waals surface area contributed by atoms with Crippen molar-refractivity contribution in [2.24, 2.45) is 0 Å². The first kappa shape index (κ1) is 33.9. The molecule has 49 heavy (non-hydrogen) atoms. The fourth-order valence-electron chi connectivity index (χ4n) is 6.39. The van der Waals surface area contributed by atoms with Crippen molar-refractivity contribution >= 4 is 26.8 Å². The number of pyridine rings is 1. The summed E-state index contributed by atoms with van der Waals surface area (Å²) in [4.78, 5) is 27.2. The average molecular weight is 691 g/mol. The number of carboxylic acids is 1. The van der Waals surface area contributed by atoms with E-state index < -0.39 is 50.9 Å². The summed E-state index contributed by atoms with van der Waals surface area (Å²) in [6, 6.07) is 24.7. The van der Waals surface area contributed by atoms with E-state index in [9.17, 15) is 36.3 Å². The molecule has 0 amide bonds. The second kappa shape index (κ2) is 13.5. The lowest BCUT2D eigenvalue weighted by atomic mass is 9.92. The van der Waals surface area contributed by atoms with E-state index in [1.165, 1.54) is 6.07 Å². The lowest BCUT2D eigenvalue weighted by molar-refractivity contribution is -0.141. The van der Waals surface area contributed by atoms with Gasteiger partial charge in [0.25, 0.3) is 15.6 Å². The van der Waals surface area contributed by atoms with Gasteiger partial charge in [-0.3, -0.25) is 9.36 Å². The van der Waals surface area contributed by atoms with Crippen LogP contribution in [0.15, 0.2) is 107 Å². The van der Waals surface area contributed by atoms with E-state index in [4.69, 9.17) is 4.74 Å². The minimum Gasteiger partial charge on any atom is -0.487 e. The van der Waals surface area contributed by atoms with Gasteiger partial charge in [0.05, 0.1) is 12.2 Å². The highest BCUT2D eigenvalue weighted by Crippen LogP contribution is 2.43. The van der Waals surface area contributed by atoms with Crippen LogP contribution >= 0.6 is 0 Å². The molecule has 0 saturated heterocycles. The molecule has 1 atom stereocenters. The molecule has 6 rings (SSSR count). The first-order chi connectivity index (χ1) is 23.4. The Balaban J connectivity index is 1.71. The van der Waals surface area contributed by atoms with E-state index in [1.54, 1.807) is 19.1 Å². The number of aromatic nitrogens is 1. The van der Waals surface area contributed by atoms with Crippen molar-refractivity contribution in [3.05, 3.63) is 130 Å². The fourth-order valence-corrected chi connectivity index (χ4v) is 8.36. The Labute approximate surface area is 281 Å². The number of rotatable bonds is 10. The number of alkyl halides is 3. The van der Waals surface area contributed by atoms with Crippen molar-refractivity contribution in [1.29, 1.82) is 0 Å². The van der Waals surface area contributed by atoms with Crippen LogP contribution in [-0.4, -0.2) is 48.1 Å². The van der Waals surface area contributed by atoms with Gasteiger partial charge in [-0.15, -0.1) is 0 Å². The number of sulfonamides is 1. The third-order valence-corrected chi connectivity index (χ3v) is 10.6. The van der Waals surface area contributed by atoms with Crippen LogP contribution in [0.25, 0.3) is 21.9 Å². The molecule has 0 radical (unpaired) electrons. The van der Waals surface area contributed by atoms with E-state index in [2.05, 4.69) is 0 Å². The molecule has 8 nitrogen and oxygen atoms in total. The normalized spacial score (nSPS) is 16.0. The Morgan fingerprint density at radius 1 is 0.959 bits per heavy atom. The van der Waals surface area contributed by atoms with Gasteiger partial charge in [-0.05, 0) is 46.0 Å². The van der Waals surface area contributed by atoms with Crippen LogP contribution in [0, 0.1) is 0 Å². The number of halogens is 3. The predicted octanol–water partition coefficient (Wildman–Crippen LogP) is 6.94. The quantitative estimate of drug-likeness (QED) is 0.170. The lowest BCUT2D eigenvalue weighted by Gasteiger charge is -2.35. The number of carboxylic acid groups (broad SMARTS) is 1. The Morgan fingerprint density at radius 3 is 2.37 bits per heavy atom. The van der Waals surface area contributed by atoms with Gasteiger partial charge in [-0.2, -0.15) is 17.5 Å². The molecule has 0 saturated carbocycles. The number of nitrogens with zero attached hydrogens (tertiary/aromatic N) is 2. The molecule has 4 aromatic carbocycles. The minimum absolute atomic E-state index is 0.0460. The zero-order valence-electron chi connectivity index (χ0n) is 26.5. The van der Waals surface area contributed by atoms with Gasteiger partial charge in [0.15, 0.2) is 10.8 Å². The zero-order chi connectivity index (χ0) is 34.9. The Morgan fingerprint density at radius 2 is 1.65 bits per heavy atom. The molecule has 1 aromatic heterocycles. The topological polar surface area (TPSA) is 106 Å². The second-order valence-corrected chi connectivity index (χ2v) is 13.7. The van der Waals surface area contributed by atoms with Gasteiger partial charge in [0.1, 0.15) is 6.04 Å². The SMILES string of the molecule is CCCN1CC(C(=O)O)n2c(c(-c3cccc(C(F)(F)F)c3)c(Cc3cccc4ccccc34)c(OCCc3ccccc3)c2=O)S1(=O)=O. The number of carbonyl (C=O) groups is 1. The second-order valence-electron chi connectivity index (χ2n) is 11.9. The molecule has 12 heteroatoms. The number of ether oxygens (including phenoxy) is 1. The van der Waals surface area contributed by atoms with Crippen LogP contribution in [0.5, 0.6) is 5.75 Å². The molecular formula is C37H33F3N2O6S. The van der Waals surface area contributed by atoms with Gasteiger partial charge >= 0.3 is 12.1 Å². The summed E-state index contributed by atoms with van der Waals surface area (Å²) in [6.07, 6.45) is -4.20. The van der Waals surface area contributed by atoms with E-state index in [0.717, 1.165) is 38.8 Å². The zero-order valence-corrected chi connectivity index (χ0v) is 27.3. The monoisotopic (exact) mass is 690 g/mol. The number of aliphatic carboxylic acids is 1. The maximum Gasteiger partial charge on any atom is 0.416 e. The maximum absolute atomic E-state index is 14.5. The van der Waals surface area contributed by atoms with E-state index >= 15 is 0 Å². The molecule has 1 unspecified atom stereocenters. The summed E-state index contributed by atoms with van der Waals surface area (Å²) in [5.41, 5.74) is -0.779. The number of hydrogen-bond acceptors (Lipinski definition) is 5. The molecule has 0 fully saturated rings. The van der Waals surface area contributed by atoms with E-state index in [1.807, 2.05) is 60.7 Å². The number of hydrogen-bond donors (Lipinski definition) is 1. The van der Waals surface area contributed by atoms with Crippen LogP contribution < -0.4 is 10.3 Å². The number of fused-ring (bicyclic) bond motifs is 2. The van der Waals surface area contributed by atoms with Crippen LogP contribution in [0.2, 0.25) is 0 Å². The highest BCUT2D eigenvalue weighted by molar-refractivity contribution is 7.89. The minimum atomic E-state index is -4.77. The van der Waals surface area contributed by atoms with Gasteiger partial charge in [-0.25, -0.2) is 13.2 Å². The Kier molecular flexibility index (Phi) is 9.37. The standard InChI is InChI=1S/C37H33F3N2O6S/c1-2-19-41-23-31(36(44)45)42-34(43)33(48-20-18-24-10-4-3-5-11-24)30(22-26-14-8-13-25-12-6-7-17-29(25)26)32(35(42)49(41,46)47)27-15-9-16-28(21-27)37(38,39)40/h3-17,21,31H,2,18-20,22-23H2,1H3,(H,44,45).